The van der Waals surface area contributed by atoms with Crippen LogP contribution in [0.4, 0.5) is 8.78 Å². The molecule has 6 nitrogen and oxygen atoms in total. The van der Waals surface area contributed by atoms with Crippen LogP contribution in [0.15, 0.2) is 52.2 Å². The van der Waals surface area contributed by atoms with E-state index in [1.54, 1.807) is 29.6 Å². The molecule has 0 N–H and O–H groups in total. The van der Waals surface area contributed by atoms with Crippen molar-refractivity contribution >= 4 is 11.8 Å². The predicted octanol–water partition coefficient (Wildman–Crippen LogP) is 5.31. The number of benzene rings is 2. The Kier molecular flexibility index (Phi) is 6.97. The van der Waals surface area contributed by atoms with E-state index >= 15 is 0 Å². The number of halogens is 2. The van der Waals surface area contributed by atoms with Gasteiger partial charge in [-0.15, -0.1) is 10.2 Å². The highest BCUT2D eigenvalue weighted by Crippen LogP contribution is 2.27. The van der Waals surface area contributed by atoms with Crippen molar-refractivity contribution in [3.8, 4) is 22.8 Å². The standard InChI is InChI=1S/C26H27F2N5OS/c1-17-16-29-25(34-17)20-5-4-18-8-11-33(12-9-19(18)14-20)10-3-13-35-26-31-30-24(32(26)2)22-7-6-21(27)15-23(22)28/h4-7,14-16H,3,8-13H2,1-2H3. The van der Waals surface area contributed by atoms with Gasteiger partial charge in [-0.25, -0.2) is 13.8 Å². The first-order chi connectivity index (χ1) is 17.0. The Bertz CT molecular complexity index is 1340. The fraction of sp³-hybridized carbons (Fsp3) is 0.346. The van der Waals surface area contributed by atoms with Crippen molar-refractivity contribution in [1.29, 1.82) is 0 Å². The highest BCUT2D eigenvalue weighted by molar-refractivity contribution is 7.99. The summed E-state index contributed by atoms with van der Waals surface area (Å²) in [6.45, 7) is 4.96. The summed E-state index contributed by atoms with van der Waals surface area (Å²) < 4.78 is 34.8. The van der Waals surface area contributed by atoms with Crippen LogP contribution in [-0.4, -0.2) is 50.0 Å². The van der Waals surface area contributed by atoms with E-state index in [0.717, 1.165) is 67.2 Å². The van der Waals surface area contributed by atoms with Gasteiger partial charge in [0.15, 0.2) is 11.0 Å². The number of nitrogens with zero attached hydrogens (tertiary/aromatic N) is 5. The average Bonchev–Trinajstić information content (AvgIpc) is 3.37. The van der Waals surface area contributed by atoms with E-state index in [0.29, 0.717) is 11.7 Å². The fourth-order valence-corrected chi connectivity index (χ4v) is 5.25. The van der Waals surface area contributed by atoms with E-state index in [2.05, 4.69) is 38.3 Å². The minimum Gasteiger partial charge on any atom is -0.441 e. The summed E-state index contributed by atoms with van der Waals surface area (Å²) in [5, 5.41) is 9.05. The quantitative estimate of drug-likeness (QED) is 0.256. The van der Waals surface area contributed by atoms with Crippen LogP contribution in [0.2, 0.25) is 0 Å². The SMILES string of the molecule is Cc1cnc(-c2ccc3c(c2)CCN(CCCSc2nnc(-c4ccc(F)cc4F)n2C)CC3)o1. The van der Waals surface area contributed by atoms with Crippen molar-refractivity contribution in [1.82, 2.24) is 24.6 Å². The van der Waals surface area contributed by atoms with Crippen LogP contribution < -0.4 is 0 Å². The van der Waals surface area contributed by atoms with Crippen LogP contribution in [0.25, 0.3) is 22.8 Å². The molecule has 0 saturated carbocycles. The molecule has 0 bridgehead atoms. The molecule has 1 aliphatic heterocycles. The molecule has 2 aromatic heterocycles. The summed E-state index contributed by atoms with van der Waals surface area (Å²) in [4.78, 5) is 6.86. The first-order valence-corrected chi connectivity index (χ1v) is 12.7. The fourth-order valence-electron chi connectivity index (χ4n) is 4.41. The monoisotopic (exact) mass is 495 g/mol. The van der Waals surface area contributed by atoms with Crippen LogP contribution in [0, 0.1) is 18.6 Å². The summed E-state index contributed by atoms with van der Waals surface area (Å²) in [7, 11) is 1.81. The number of fused-ring (bicyclic) bond motifs is 1. The Morgan fingerprint density at radius 2 is 1.86 bits per heavy atom. The summed E-state index contributed by atoms with van der Waals surface area (Å²) in [6, 6.07) is 10.0. The first kappa shape index (κ1) is 23.7. The highest BCUT2D eigenvalue weighted by Gasteiger charge is 2.17. The second-order valence-electron chi connectivity index (χ2n) is 8.79. The molecule has 0 spiro atoms. The molecule has 0 amide bonds. The van der Waals surface area contributed by atoms with Gasteiger partial charge in [0.2, 0.25) is 5.89 Å². The number of rotatable bonds is 7. The molecule has 182 valence electrons. The summed E-state index contributed by atoms with van der Waals surface area (Å²) in [5.41, 5.74) is 4.05. The molecule has 0 atom stereocenters. The van der Waals surface area contributed by atoms with Gasteiger partial charge in [0.05, 0.1) is 11.8 Å². The van der Waals surface area contributed by atoms with E-state index in [4.69, 9.17) is 4.42 Å². The molecule has 9 heteroatoms. The minimum absolute atomic E-state index is 0.249. The van der Waals surface area contributed by atoms with E-state index < -0.39 is 11.6 Å². The number of thioether (sulfide) groups is 1. The Morgan fingerprint density at radius 1 is 1.03 bits per heavy atom. The van der Waals surface area contributed by atoms with Gasteiger partial charge in [0.1, 0.15) is 17.4 Å². The molecule has 0 fully saturated rings. The highest BCUT2D eigenvalue weighted by atomic mass is 32.2. The minimum atomic E-state index is -0.637. The molecule has 0 saturated heterocycles. The van der Waals surface area contributed by atoms with Crippen molar-refractivity contribution in [2.24, 2.45) is 7.05 Å². The maximum absolute atomic E-state index is 14.1. The lowest BCUT2D eigenvalue weighted by Gasteiger charge is -2.19. The van der Waals surface area contributed by atoms with Gasteiger partial charge in [-0.1, -0.05) is 17.8 Å². The number of hydrogen-bond donors (Lipinski definition) is 0. The number of oxazole rings is 1. The van der Waals surface area contributed by atoms with Crippen molar-refractivity contribution in [2.75, 3.05) is 25.4 Å². The van der Waals surface area contributed by atoms with Crippen molar-refractivity contribution < 1.29 is 13.2 Å². The summed E-state index contributed by atoms with van der Waals surface area (Å²) >= 11 is 1.60. The van der Waals surface area contributed by atoms with Crippen LogP contribution in [0.5, 0.6) is 0 Å². The Hall–Kier alpha value is -3.04. The van der Waals surface area contributed by atoms with Crippen LogP contribution in [0.3, 0.4) is 0 Å². The Balaban J connectivity index is 1.13. The molecule has 4 aromatic rings. The maximum atomic E-state index is 14.1. The molecule has 0 radical (unpaired) electrons. The maximum Gasteiger partial charge on any atom is 0.226 e. The van der Waals surface area contributed by atoms with Gasteiger partial charge >= 0.3 is 0 Å². The van der Waals surface area contributed by atoms with E-state index in [1.165, 1.54) is 23.3 Å². The van der Waals surface area contributed by atoms with Crippen molar-refractivity contribution in [2.45, 2.75) is 31.3 Å². The smallest absolute Gasteiger partial charge is 0.226 e. The zero-order chi connectivity index (χ0) is 24.4. The van der Waals surface area contributed by atoms with Crippen LogP contribution in [0.1, 0.15) is 23.3 Å². The molecule has 35 heavy (non-hydrogen) atoms. The van der Waals surface area contributed by atoms with Crippen molar-refractivity contribution in [3.05, 3.63) is 71.1 Å². The molecule has 0 unspecified atom stereocenters. The van der Waals surface area contributed by atoms with Gasteiger partial charge in [0, 0.05) is 37.5 Å². The van der Waals surface area contributed by atoms with Gasteiger partial charge in [-0.2, -0.15) is 0 Å². The van der Waals surface area contributed by atoms with Gasteiger partial charge in [-0.05, 0) is 68.1 Å². The molecule has 5 rings (SSSR count). The normalized spacial score (nSPS) is 14.2. The largest absolute Gasteiger partial charge is 0.441 e. The third-order valence-electron chi connectivity index (χ3n) is 6.33. The average molecular weight is 496 g/mol. The van der Waals surface area contributed by atoms with Crippen LogP contribution >= 0.6 is 11.8 Å². The van der Waals surface area contributed by atoms with E-state index in [-0.39, 0.29) is 5.56 Å². The van der Waals surface area contributed by atoms with Crippen molar-refractivity contribution in [3.63, 3.8) is 0 Å². The predicted molar refractivity (Wildman–Crippen MR) is 132 cm³/mol. The Morgan fingerprint density at radius 3 is 2.63 bits per heavy atom. The molecular formula is C26H27F2N5OS. The molecule has 1 aliphatic rings. The molecule has 0 aliphatic carbocycles. The molecule has 2 aromatic carbocycles. The second kappa shape index (κ2) is 10.3. The first-order valence-electron chi connectivity index (χ1n) is 11.7. The molecule has 3 heterocycles. The number of aromatic nitrogens is 4. The van der Waals surface area contributed by atoms with E-state index in [1.807, 2.05) is 6.92 Å². The summed E-state index contributed by atoms with van der Waals surface area (Å²) in [6.07, 6.45) is 4.80. The lowest BCUT2D eigenvalue weighted by molar-refractivity contribution is 0.289. The lowest BCUT2D eigenvalue weighted by atomic mass is 10.00. The lowest BCUT2D eigenvalue weighted by Crippen LogP contribution is -2.27. The zero-order valence-electron chi connectivity index (χ0n) is 19.8. The zero-order valence-corrected chi connectivity index (χ0v) is 20.6. The van der Waals surface area contributed by atoms with Gasteiger partial charge in [-0.3, -0.25) is 0 Å². The molecular weight excluding hydrogens is 468 g/mol. The summed E-state index contributed by atoms with van der Waals surface area (Å²) in [5.74, 6) is 1.53. The number of hydrogen-bond acceptors (Lipinski definition) is 6. The van der Waals surface area contributed by atoms with Gasteiger partial charge in [0.25, 0.3) is 0 Å². The van der Waals surface area contributed by atoms with Crippen LogP contribution in [-0.2, 0) is 19.9 Å². The Labute approximate surface area is 207 Å². The third kappa shape index (κ3) is 5.31. The third-order valence-corrected chi connectivity index (χ3v) is 7.43. The second-order valence-corrected chi connectivity index (χ2v) is 9.85. The topological polar surface area (TPSA) is 60.0 Å². The number of aryl methyl sites for hydroxylation is 1. The van der Waals surface area contributed by atoms with E-state index in [9.17, 15) is 8.78 Å². The van der Waals surface area contributed by atoms with Gasteiger partial charge < -0.3 is 13.9 Å².